The molecule has 3 aromatic carbocycles. The summed E-state index contributed by atoms with van der Waals surface area (Å²) >= 11 is 0. The Kier molecular flexibility index (Phi) is 7.10. The van der Waals surface area contributed by atoms with E-state index in [-0.39, 0.29) is 0 Å². The second kappa shape index (κ2) is 10.6. The SMILES string of the molecule is Cc1cc(OCCC(C)(C)O)cc(C)c1-c1cccc(CNc2ccc3c(c2)CC2(CC2)C3Cc2nn[nH]n2)c1C. The van der Waals surface area contributed by atoms with Gasteiger partial charge in [-0.1, -0.05) is 29.5 Å². The van der Waals surface area contributed by atoms with Crippen LogP contribution in [-0.4, -0.2) is 37.9 Å². The number of ether oxygens (including phenoxy) is 1. The molecule has 6 rings (SSSR count). The Bertz CT molecular complexity index is 1530. The number of aromatic amines is 1. The molecule has 1 aromatic heterocycles. The summed E-state index contributed by atoms with van der Waals surface area (Å²) in [5, 5.41) is 28.5. The zero-order chi connectivity index (χ0) is 28.8. The van der Waals surface area contributed by atoms with Gasteiger partial charge in [0.15, 0.2) is 5.82 Å². The highest BCUT2D eigenvalue weighted by Crippen LogP contribution is 2.63. The zero-order valence-corrected chi connectivity index (χ0v) is 24.8. The number of hydrogen-bond acceptors (Lipinski definition) is 6. The minimum atomic E-state index is -0.729. The van der Waals surface area contributed by atoms with Gasteiger partial charge in [0.1, 0.15) is 5.75 Å². The van der Waals surface area contributed by atoms with Gasteiger partial charge in [-0.15, -0.1) is 10.2 Å². The molecule has 3 N–H and O–H groups in total. The molecule has 2 aliphatic carbocycles. The predicted molar refractivity (Wildman–Crippen MR) is 162 cm³/mol. The molecular formula is C34H41N5O2. The number of aromatic nitrogens is 4. The number of nitrogens with zero attached hydrogens (tertiary/aromatic N) is 3. The van der Waals surface area contributed by atoms with Crippen LogP contribution in [-0.2, 0) is 19.4 Å². The van der Waals surface area contributed by atoms with Crippen LogP contribution >= 0.6 is 0 Å². The van der Waals surface area contributed by atoms with Crippen molar-refractivity contribution < 1.29 is 9.84 Å². The van der Waals surface area contributed by atoms with Gasteiger partial charge in [-0.25, -0.2) is 0 Å². The Morgan fingerprint density at radius 1 is 1.07 bits per heavy atom. The lowest BCUT2D eigenvalue weighted by atomic mass is 9.86. The molecule has 0 aliphatic heterocycles. The predicted octanol–water partition coefficient (Wildman–Crippen LogP) is 6.61. The first-order chi connectivity index (χ1) is 19.6. The third-order valence-electron chi connectivity index (χ3n) is 9.16. The molecule has 214 valence electrons. The number of hydrogen-bond donors (Lipinski definition) is 3. The summed E-state index contributed by atoms with van der Waals surface area (Å²) in [6.07, 6.45) is 5.16. The third-order valence-corrected chi connectivity index (χ3v) is 9.16. The lowest BCUT2D eigenvalue weighted by Gasteiger charge is -2.20. The topological polar surface area (TPSA) is 96.0 Å². The summed E-state index contributed by atoms with van der Waals surface area (Å²) in [7, 11) is 0. The molecule has 2 aliphatic rings. The summed E-state index contributed by atoms with van der Waals surface area (Å²) < 4.78 is 5.98. The molecular weight excluding hydrogens is 510 g/mol. The van der Waals surface area contributed by atoms with Gasteiger partial charge in [0, 0.05) is 25.1 Å². The molecule has 1 heterocycles. The Labute approximate surface area is 242 Å². The van der Waals surface area contributed by atoms with Crippen molar-refractivity contribution in [2.75, 3.05) is 11.9 Å². The quantitative estimate of drug-likeness (QED) is 0.205. The van der Waals surface area contributed by atoms with Crippen molar-refractivity contribution in [3.63, 3.8) is 0 Å². The normalized spacial score (nSPS) is 17.1. The van der Waals surface area contributed by atoms with Gasteiger partial charge >= 0.3 is 0 Å². The van der Waals surface area contributed by atoms with E-state index in [1.165, 1.54) is 63.0 Å². The van der Waals surface area contributed by atoms with Crippen molar-refractivity contribution >= 4 is 5.69 Å². The first-order valence-electron chi connectivity index (χ1n) is 14.8. The molecule has 7 heteroatoms. The Hall–Kier alpha value is -3.71. The number of anilines is 1. The highest BCUT2D eigenvalue weighted by molar-refractivity contribution is 5.75. The molecule has 0 radical (unpaired) electrons. The van der Waals surface area contributed by atoms with Crippen LogP contribution in [0.2, 0.25) is 0 Å². The number of H-pyrrole nitrogens is 1. The molecule has 1 saturated carbocycles. The van der Waals surface area contributed by atoms with Crippen LogP contribution in [0.5, 0.6) is 5.75 Å². The fraction of sp³-hybridized carbons (Fsp3) is 0.441. The lowest BCUT2D eigenvalue weighted by molar-refractivity contribution is 0.0553. The maximum Gasteiger partial charge on any atom is 0.175 e. The average molecular weight is 552 g/mol. The van der Waals surface area contributed by atoms with E-state index in [0.717, 1.165) is 31.0 Å². The van der Waals surface area contributed by atoms with E-state index in [9.17, 15) is 5.11 Å². The molecule has 7 nitrogen and oxygen atoms in total. The van der Waals surface area contributed by atoms with Crippen LogP contribution in [0.4, 0.5) is 5.69 Å². The van der Waals surface area contributed by atoms with Crippen molar-refractivity contribution in [1.29, 1.82) is 0 Å². The molecule has 0 bridgehead atoms. The van der Waals surface area contributed by atoms with E-state index in [4.69, 9.17) is 4.74 Å². The number of fused-ring (bicyclic) bond motifs is 1. The minimum absolute atomic E-state index is 0.387. The highest BCUT2D eigenvalue weighted by atomic mass is 16.5. The van der Waals surface area contributed by atoms with Crippen LogP contribution < -0.4 is 10.1 Å². The first-order valence-corrected chi connectivity index (χ1v) is 14.8. The van der Waals surface area contributed by atoms with Crippen LogP contribution in [0, 0.1) is 26.2 Å². The molecule has 4 aromatic rings. The van der Waals surface area contributed by atoms with Crippen LogP contribution in [0.25, 0.3) is 11.1 Å². The number of benzene rings is 3. The summed E-state index contributed by atoms with van der Waals surface area (Å²) in [5.41, 5.74) is 11.2. The third kappa shape index (κ3) is 5.73. The zero-order valence-electron chi connectivity index (χ0n) is 24.8. The number of rotatable bonds is 10. The fourth-order valence-electron chi connectivity index (χ4n) is 6.70. The maximum absolute atomic E-state index is 10.00. The number of aryl methyl sites for hydroxylation is 2. The van der Waals surface area contributed by atoms with E-state index in [2.05, 4.69) is 95.2 Å². The van der Waals surface area contributed by atoms with Crippen molar-refractivity contribution in [1.82, 2.24) is 20.6 Å². The fourth-order valence-corrected chi connectivity index (χ4v) is 6.70. The standard InChI is InChI=1S/C34H41N5O2/c1-21-15-27(41-14-13-33(4,5)40)16-22(2)32(21)28-8-6-7-24(23(28)3)20-35-26-9-10-29-25(17-26)19-34(11-12-34)30(29)18-31-36-38-39-37-31/h6-10,15-17,30,35,40H,11-14,18-20H2,1-5H3,(H,36,37,38,39). The molecule has 0 amide bonds. The van der Waals surface area contributed by atoms with Crippen molar-refractivity contribution in [2.24, 2.45) is 5.41 Å². The Morgan fingerprint density at radius 2 is 1.85 bits per heavy atom. The summed E-state index contributed by atoms with van der Waals surface area (Å²) in [6.45, 7) is 11.4. The van der Waals surface area contributed by atoms with E-state index < -0.39 is 5.60 Å². The average Bonchev–Trinajstić information content (AvgIpc) is 3.36. The van der Waals surface area contributed by atoms with Gasteiger partial charge in [0.25, 0.3) is 0 Å². The van der Waals surface area contributed by atoms with E-state index >= 15 is 0 Å². The van der Waals surface area contributed by atoms with Gasteiger partial charge in [0.2, 0.25) is 0 Å². The Morgan fingerprint density at radius 3 is 2.54 bits per heavy atom. The minimum Gasteiger partial charge on any atom is -0.493 e. The second-order valence-corrected chi connectivity index (χ2v) is 12.8. The van der Waals surface area contributed by atoms with Crippen LogP contribution in [0.1, 0.15) is 78.2 Å². The van der Waals surface area contributed by atoms with Gasteiger partial charge in [-0.2, -0.15) is 5.21 Å². The maximum atomic E-state index is 10.00. The van der Waals surface area contributed by atoms with E-state index in [1.54, 1.807) is 0 Å². The number of nitrogens with one attached hydrogen (secondary N) is 2. The van der Waals surface area contributed by atoms with Crippen molar-refractivity contribution in [3.8, 4) is 16.9 Å². The smallest absolute Gasteiger partial charge is 0.175 e. The summed E-state index contributed by atoms with van der Waals surface area (Å²) in [6, 6.07) is 17.7. The van der Waals surface area contributed by atoms with Crippen LogP contribution in [0.3, 0.4) is 0 Å². The molecule has 1 atom stereocenters. The van der Waals surface area contributed by atoms with Gasteiger partial charge in [-0.05, 0) is 134 Å². The monoisotopic (exact) mass is 551 g/mol. The van der Waals surface area contributed by atoms with Crippen molar-refractivity contribution in [3.05, 3.63) is 87.7 Å². The Balaban J connectivity index is 1.17. The number of aliphatic hydroxyl groups is 1. The van der Waals surface area contributed by atoms with Gasteiger partial charge < -0.3 is 15.2 Å². The van der Waals surface area contributed by atoms with E-state index in [0.29, 0.717) is 24.4 Å². The molecule has 1 unspecified atom stereocenters. The second-order valence-electron chi connectivity index (χ2n) is 12.8. The summed E-state index contributed by atoms with van der Waals surface area (Å²) in [4.78, 5) is 0. The molecule has 41 heavy (non-hydrogen) atoms. The number of tetrazole rings is 1. The molecule has 1 fully saturated rings. The van der Waals surface area contributed by atoms with Gasteiger partial charge in [0.05, 0.1) is 12.2 Å². The van der Waals surface area contributed by atoms with Crippen molar-refractivity contribution in [2.45, 2.75) is 84.8 Å². The lowest BCUT2D eigenvalue weighted by Crippen LogP contribution is -2.21. The molecule has 1 spiro atoms. The van der Waals surface area contributed by atoms with Gasteiger partial charge in [-0.3, -0.25) is 0 Å². The summed E-state index contributed by atoms with van der Waals surface area (Å²) in [5.74, 6) is 2.14. The largest absolute Gasteiger partial charge is 0.493 e. The first kappa shape index (κ1) is 27.5. The van der Waals surface area contributed by atoms with Crippen LogP contribution in [0.15, 0.2) is 48.5 Å². The van der Waals surface area contributed by atoms with E-state index in [1.807, 2.05) is 13.8 Å². The highest BCUT2D eigenvalue weighted by Gasteiger charge is 2.54. The molecule has 0 saturated heterocycles.